The molecule has 0 aliphatic rings. The molecule has 0 aliphatic heterocycles. The number of aryl methyl sites for hydroxylation is 1. The molecule has 0 unspecified atom stereocenters. The number of anilines is 1. The van der Waals surface area contributed by atoms with Crippen LogP contribution in [0.2, 0.25) is 0 Å². The first-order chi connectivity index (χ1) is 10.1. The molecule has 1 N–H and O–H groups in total. The molecule has 0 spiro atoms. The van der Waals surface area contributed by atoms with Gasteiger partial charge in [-0.2, -0.15) is 0 Å². The van der Waals surface area contributed by atoms with Gasteiger partial charge in [-0.3, -0.25) is 10.1 Å². The van der Waals surface area contributed by atoms with E-state index in [0.29, 0.717) is 30.5 Å². The minimum absolute atomic E-state index is 0.0188. The number of rotatable bonds is 7. The van der Waals surface area contributed by atoms with E-state index in [1.165, 1.54) is 12.1 Å². The van der Waals surface area contributed by atoms with Crippen molar-refractivity contribution < 1.29 is 14.1 Å². The van der Waals surface area contributed by atoms with E-state index in [1.54, 1.807) is 19.2 Å². The average Bonchev–Trinajstić information content (AvgIpc) is 2.88. The second-order valence-electron chi connectivity index (χ2n) is 4.54. The summed E-state index contributed by atoms with van der Waals surface area (Å²) < 4.78 is 10.8. The summed E-state index contributed by atoms with van der Waals surface area (Å²) in [5, 5.41) is 14.0. The van der Waals surface area contributed by atoms with Gasteiger partial charge < -0.3 is 14.5 Å². The highest BCUT2D eigenvalue weighted by molar-refractivity contribution is 5.56. The Hall–Kier alpha value is -2.57. The van der Waals surface area contributed by atoms with Gasteiger partial charge in [0.1, 0.15) is 11.5 Å². The minimum atomic E-state index is -0.445. The summed E-state index contributed by atoms with van der Waals surface area (Å²) in [6.45, 7) is 4.64. The number of aromatic nitrogens is 1. The predicted molar refractivity (Wildman–Crippen MR) is 77.4 cm³/mol. The number of nitro benzene ring substituents is 1. The molecular formula is C14H17N3O4. The summed E-state index contributed by atoms with van der Waals surface area (Å²) in [5.74, 6) is 1.71. The van der Waals surface area contributed by atoms with Crippen LogP contribution in [0.4, 0.5) is 11.4 Å². The van der Waals surface area contributed by atoms with Crippen LogP contribution in [0.1, 0.15) is 25.0 Å². The van der Waals surface area contributed by atoms with Crippen molar-refractivity contribution in [2.75, 3.05) is 11.9 Å². The maximum Gasteiger partial charge on any atom is 0.275 e. The number of oxazole rings is 1. The Bertz CT molecular complexity index is 624. The Morgan fingerprint density at radius 1 is 1.43 bits per heavy atom. The van der Waals surface area contributed by atoms with Crippen LogP contribution in [0.3, 0.4) is 0 Å². The van der Waals surface area contributed by atoms with E-state index in [0.717, 1.165) is 12.2 Å². The summed E-state index contributed by atoms with van der Waals surface area (Å²) >= 11 is 0. The zero-order valence-corrected chi connectivity index (χ0v) is 12.0. The fourth-order valence-electron chi connectivity index (χ4n) is 1.75. The molecule has 1 aromatic heterocycles. The van der Waals surface area contributed by atoms with Gasteiger partial charge in [0.05, 0.1) is 30.3 Å². The maximum absolute atomic E-state index is 10.9. The summed E-state index contributed by atoms with van der Waals surface area (Å²) in [7, 11) is 0. The second-order valence-corrected chi connectivity index (χ2v) is 4.54. The van der Waals surface area contributed by atoms with Gasteiger partial charge in [0, 0.05) is 17.8 Å². The third-order valence-electron chi connectivity index (χ3n) is 2.69. The zero-order valence-electron chi connectivity index (χ0n) is 12.0. The Balaban J connectivity index is 2.12. The minimum Gasteiger partial charge on any atom is -0.493 e. The fourth-order valence-corrected chi connectivity index (χ4v) is 1.75. The van der Waals surface area contributed by atoms with Crippen molar-refractivity contribution in [2.45, 2.75) is 26.8 Å². The van der Waals surface area contributed by atoms with E-state index in [9.17, 15) is 10.1 Å². The maximum atomic E-state index is 10.9. The van der Waals surface area contributed by atoms with Crippen LogP contribution in [0, 0.1) is 17.0 Å². The highest BCUT2D eigenvalue weighted by atomic mass is 16.6. The lowest BCUT2D eigenvalue weighted by Gasteiger charge is -2.08. The molecule has 0 fully saturated rings. The molecule has 0 radical (unpaired) electrons. The molecule has 0 saturated carbocycles. The van der Waals surface area contributed by atoms with Crippen molar-refractivity contribution in [3.8, 4) is 5.75 Å². The smallest absolute Gasteiger partial charge is 0.275 e. The molecule has 1 heterocycles. The van der Waals surface area contributed by atoms with Crippen molar-refractivity contribution in [3.63, 3.8) is 0 Å². The highest BCUT2D eigenvalue weighted by Crippen LogP contribution is 2.26. The molecule has 0 aliphatic carbocycles. The second kappa shape index (κ2) is 6.74. The average molecular weight is 291 g/mol. The lowest BCUT2D eigenvalue weighted by atomic mass is 10.2. The van der Waals surface area contributed by atoms with Crippen LogP contribution in [-0.2, 0) is 6.54 Å². The molecule has 1 aromatic carbocycles. The Morgan fingerprint density at radius 2 is 2.24 bits per heavy atom. The molecular weight excluding hydrogens is 274 g/mol. The first-order valence-electron chi connectivity index (χ1n) is 6.66. The number of nitrogens with one attached hydrogen (secondary N) is 1. The first kappa shape index (κ1) is 14.8. The molecule has 7 nitrogen and oxygen atoms in total. The van der Waals surface area contributed by atoms with Gasteiger partial charge in [0.15, 0.2) is 0 Å². The van der Waals surface area contributed by atoms with Crippen LogP contribution < -0.4 is 10.1 Å². The molecule has 112 valence electrons. The number of non-ortho nitro benzene ring substituents is 1. The van der Waals surface area contributed by atoms with Crippen LogP contribution in [0.15, 0.2) is 28.8 Å². The zero-order chi connectivity index (χ0) is 15.2. The number of nitro groups is 1. The van der Waals surface area contributed by atoms with Crippen molar-refractivity contribution in [3.05, 3.63) is 46.2 Å². The number of hydrogen-bond donors (Lipinski definition) is 1. The van der Waals surface area contributed by atoms with Crippen molar-refractivity contribution in [1.29, 1.82) is 0 Å². The van der Waals surface area contributed by atoms with Crippen LogP contribution in [0.25, 0.3) is 0 Å². The van der Waals surface area contributed by atoms with E-state index in [2.05, 4.69) is 10.3 Å². The molecule has 0 saturated heterocycles. The van der Waals surface area contributed by atoms with Crippen molar-refractivity contribution >= 4 is 11.4 Å². The van der Waals surface area contributed by atoms with Gasteiger partial charge in [-0.1, -0.05) is 6.92 Å². The highest BCUT2D eigenvalue weighted by Gasteiger charge is 2.11. The van der Waals surface area contributed by atoms with E-state index in [-0.39, 0.29) is 5.69 Å². The molecule has 0 atom stereocenters. The van der Waals surface area contributed by atoms with E-state index >= 15 is 0 Å². The van der Waals surface area contributed by atoms with Gasteiger partial charge in [-0.25, -0.2) is 4.98 Å². The summed E-state index contributed by atoms with van der Waals surface area (Å²) in [4.78, 5) is 14.6. The molecule has 21 heavy (non-hydrogen) atoms. The van der Waals surface area contributed by atoms with Gasteiger partial charge >= 0.3 is 0 Å². The number of benzene rings is 1. The molecule has 2 rings (SSSR count). The number of ether oxygens (including phenoxy) is 1. The predicted octanol–water partition coefficient (Wildman–Crippen LogP) is 3.29. The molecule has 0 bridgehead atoms. The van der Waals surface area contributed by atoms with Gasteiger partial charge in [0.2, 0.25) is 5.89 Å². The Labute approximate surface area is 122 Å². The van der Waals surface area contributed by atoms with Gasteiger partial charge in [0.25, 0.3) is 5.69 Å². The van der Waals surface area contributed by atoms with Gasteiger partial charge in [-0.15, -0.1) is 0 Å². The number of nitrogens with zero attached hydrogens (tertiary/aromatic N) is 2. The van der Waals surface area contributed by atoms with Crippen LogP contribution >= 0.6 is 0 Å². The van der Waals surface area contributed by atoms with E-state index < -0.39 is 4.92 Å². The lowest BCUT2D eigenvalue weighted by Crippen LogP contribution is -2.02. The standard InChI is InChI=1S/C14H17N3O4/c1-3-4-20-13-6-11(5-12(7-13)17(18)19)15-9-14-16-8-10(2)21-14/h5-8,15H,3-4,9H2,1-2H3. The quantitative estimate of drug-likeness (QED) is 0.621. The molecule has 2 aromatic rings. The monoisotopic (exact) mass is 291 g/mol. The fraction of sp³-hybridized carbons (Fsp3) is 0.357. The normalized spacial score (nSPS) is 10.4. The van der Waals surface area contributed by atoms with E-state index in [1.807, 2.05) is 6.92 Å². The van der Waals surface area contributed by atoms with E-state index in [4.69, 9.17) is 9.15 Å². The molecule has 7 heteroatoms. The number of hydrogen-bond acceptors (Lipinski definition) is 6. The summed E-state index contributed by atoms with van der Waals surface area (Å²) in [6, 6.07) is 4.59. The first-order valence-corrected chi connectivity index (χ1v) is 6.66. The van der Waals surface area contributed by atoms with Gasteiger partial charge in [-0.05, 0) is 13.3 Å². The van der Waals surface area contributed by atoms with Crippen LogP contribution in [0.5, 0.6) is 5.75 Å². The Kier molecular flexibility index (Phi) is 4.76. The SMILES string of the molecule is CCCOc1cc(NCc2ncc(C)o2)cc([N+](=O)[O-])c1. The third kappa shape index (κ3) is 4.20. The Morgan fingerprint density at radius 3 is 2.86 bits per heavy atom. The van der Waals surface area contributed by atoms with Crippen molar-refractivity contribution in [2.24, 2.45) is 0 Å². The van der Waals surface area contributed by atoms with Crippen molar-refractivity contribution in [1.82, 2.24) is 4.98 Å². The topological polar surface area (TPSA) is 90.4 Å². The lowest BCUT2D eigenvalue weighted by molar-refractivity contribution is -0.384. The molecule has 0 amide bonds. The summed E-state index contributed by atoms with van der Waals surface area (Å²) in [6.07, 6.45) is 2.46. The third-order valence-corrected chi connectivity index (χ3v) is 2.69. The largest absolute Gasteiger partial charge is 0.493 e. The van der Waals surface area contributed by atoms with Crippen LogP contribution in [-0.4, -0.2) is 16.5 Å². The summed E-state index contributed by atoms with van der Waals surface area (Å²) in [5.41, 5.74) is 0.570.